The molecule has 0 unspecified atom stereocenters. The number of aromatic nitrogens is 3. The zero-order chi connectivity index (χ0) is 20.2. The van der Waals surface area contributed by atoms with Crippen molar-refractivity contribution < 1.29 is 9.32 Å². The van der Waals surface area contributed by atoms with Crippen LogP contribution in [-0.2, 0) is 13.1 Å². The molecule has 0 radical (unpaired) electrons. The number of amides is 1. The predicted octanol–water partition coefficient (Wildman–Crippen LogP) is 4.48. The first kappa shape index (κ1) is 19.0. The summed E-state index contributed by atoms with van der Waals surface area (Å²) in [6.07, 6.45) is 1.76. The second-order valence-electron chi connectivity index (χ2n) is 6.70. The monoisotopic (exact) mass is 406 g/mol. The minimum Gasteiger partial charge on any atom is -0.359 e. The fraction of sp³-hybridized carbons (Fsp3) is 0.136. The number of carbonyl (C=O) groups is 1. The summed E-state index contributed by atoms with van der Waals surface area (Å²) in [6.45, 7) is 2.65. The van der Waals surface area contributed by atoms with Crippen LogP contribution in [0.4, 0.5) is 0 Å². The number of hydrogen-bond acceptors (Lipinski definition) is 4. The number of rotatable bonds is 6. The van der Waals surface area contributed by atoms with E-state index in [2.05, 4.69) is 15.6 Å². The molecule has 2 aromatic heterocycles. The highest BCUT2D eigenvalue weighted by Crippen LogP contribution is 2.24. The summed E-state index contributed by atoms with van der Waals surface area (Å²) >= 11 is 6.01. The highest BCUT2D eigenvalue weighted by Gasteiger charge is 2.18. The Hall–Kier alpha value is -3.38. The zero-order valence-electron chi connectivity index (χ0n) is 15.8. The molecule has 4 aromatic rings. The summed E-state index contributed by atoms with van der Waals surface area (Å²) in [7, 11) is 0. The summed E-state index contributed by atoms with van der Waals surface area (Å²) in [6, 6.07) is 19.0. The lowest BCUT2D eigenvalue weighted by Gasteiger charge is -2.04. The van der Waals surface area contributed by atoms with Gasteiger partial charge in [0.05, 0.1) is 24.3 Å². The summed E-state index contributed by atoms with van der Waals surface area (Å²) in [5, 5.41) is 12.0. The van der Waals surface area contributed by atoms with Crippen molar-refractivity contribution in [1.82, 2.24) is 20.3 Å². The van der Waals surface area contributed by atoms with E-state index in [1.165, 1.54) is 0 Å². The van der Waals surface area contributed by atoms with Crippen LogP contribution in [0.2, 0.25) is 5.02 Å². The molecule has 0 aliphatic heterocycles. The first-order chi connectivity index (χ1) is 14.1. The second kappa shape index (κ2) is 8.32. The summed E-state index contributed by atoms with van der Waals surface area (Å²) in [5.74, 6) is 0.365. The molecule has 0 aliphatic rings. The Labute approximate surface area is 173 Å². The van der Waals surface area contributed by atoms with Gasteiger partial charge in [-0.2, -0.15) is 5.10 Å². The first-order valence-corrected chi connectivity index (χ1v) is 9.54. The minimum atomic E-state index is -0.233. The van der Waals surface area contributed by atoms with Crippen LogP contribution in [-0.4, -0.2) is 20.8 Å². The van der Waals surface area contributed by atoms with Gasteiger partial charge in [-0.3, -0.25) is 9.48 Å². The third-order valence-electron chi connectivity index (χ3n) is 4.41. The van der Waals surface area contributed by atoms with Crippen LogP contribution < -0.4 is 5.32 Å². The van der Waals surface area contributed by atoms with Crippen molar-refractivity contribution in [3.63, 3.8) is 0 Å². The molecule has 0 saturated carbocycles. The van der Waals surface area contributed by atoms with Gasteiger partial charge in [-0.1, -0.05) is 59.2 Å². The van der Waals surface area contributed by atoms with E-state index in [-0.39, 0.29) is 12.5 Å². The average molecular weight is 407 g/mol. The van der Waals surface area contributed by atoms with Crippen molar-refractivity contribution in [2.24, 2.45) is 0 Å². The normalized spacial score (nSPS) is 10.8. The number of nitrogens with one attached hydrogen (secondary N) is 1. The molecule has 0 saturated heterocycles. The maximum Gasteiger partial charge on any atom is 0.255 e. The molecule has 4 rings (SSSR count). The van der Waals surface area contributed by atoms with Crippen molar-refractivity contribution in [2.45, 2.75) is 20.0 Å². The minimum absolute atomic E-state index is 0.233. The Bertz CT molecular complexity index is 1120. The number of aryl methyl sites for hydroxylation is 1. The number of benzene rings is 2. The molecule has 7 heteroatoms. The van der Waals surface area contributed by atoms with Crippen LogP contribution in [0, 0.1) is 6.92 Å². The molecular formula is C22H19ClN4O2. The zero-order valence-corrected chi connectivity index (χ0v) is 16.6. The molecular weight excluding hydrogens is 388 g/mol. The van der Waals surface area contributed by atoms with Crippen molar-refractivity contribution in [1.29, 1.82) is 0 Å². The van der Waals surface area contributed by atoms with Gasteiger partial charge in [-0.05, 0) is 24.6 Å². The van der Waals surface area contributed by atoms with E-state index in [0.29, 0.717) is 28.6 Å². The molecule has 0 atom stereocenters. The number of carbonyl (C=O) groups excluding carboxylic acids is 1. The maximum atomic E-state index is 12.9. The van der Waals surface area contributed by atoms with Gasteiger partial charge in [0.25, 0.3) is 5.91 Å². The summed E-state index contributed by atoms with van der Waals surface area (Å²) in [4.78, 5) is 12.9. The van der Waals surface area contributed by atoms with Crippen molar-refractivity contribution >= 4 is 17.5 Å². The molecule has 146 valence electrons. The van der Waals surface area contributed by atoms with Crippen molar-refractivity contribution in [2.75, 3.05) is 0 Å². The molecule has 0 aliphatic carbocycles. The fourth-order valence-electron chi connectivity index (χ4n) is 3.02. The molecule has 6 nitrogen and oxygen atoms in total. The highest BCUT2D eigenvalue weighted by atomic mass is 35.5. The highest BCUT2D eigenvalue weighted by molar-refractivity contribution is 6.30. The van der Waals surface area contributed by atoms with Gasteiger partial charge < -0.3 is 9.84 Å². The van der Waals surface area contributed by atoms with E-state index < -0.39 is 0 Å². The Morgan fingerprint density at radius 1 is 1.14 bits per heavy atom. The Balaban J connectivity index is 1.62. The standard InChI is InChI=1S/C22H19ClN4O2/c1-15-11-19(29-26-15)12-24-22(28)20-14-27(13-16-5-3-2-4-6-16)25-21(20)17-7-9-18(23)10-8-17/h2-11,14H,12-13H2,1H3,(H,24,28). The van der Waals surface area contributed by atoms with E-state index in [4.69, 9.17) is 16.1 Å². The maximum absolute atomic E-state index is 12.9. The van der Waals surface area contributed by atoms with Gasteiger partial charge in [0.2, 0.25) is 0 Å². The molecule has 1 N–H and O–H groups in total. The molecule has 2 heterocycles. The lowest BCUT2D eigenvalue weighted by atomic mass is 10.1. The molecule has 0 spiro atoms. The van der Waals surface area contributed by atoms with Gasteiger partial charge >= 0.3 is 0 Å². The predicted molar refractivity (Wildman–Crippen MR) is 111 cm³/mol. The van der Waals surface area contributed by atoms with Crippen LogP contribution in [0.5, 0.6) is 0 Å². The van der Waals surface area contributed by atoms with Crippen molar-refractivity contribution in [3.05, 3.63) is 94.5 Å². The van der Waals surface area contributed by atoms with Gasteiger partial charge in [-0.25, -0.2) is 0 Å². The largest absolute Gasteiger partial charge is 0.359 e. The molecule has 2 aromatic carbocycles. The van der Waals surface area contributed by atoms with E-state index in [0.717, 1.165) is 16.8 Å². The smallest absolute Gasteiger partial charge is 0.255 e. The van der Waals surface area contributed by atoms with Crippen molar-refractivity contribution in [3.8, 4) is 11.3 Å². The van der Waals surface area contributed by atoms with E-state index in [1.807, 2.05) is 49.4 Å². The van der Waals surface area contributed by atoms with E-state index in [1.54, 1.807) is 29.1 Å². The topological polar surface area (TPSA) is 73.0 Å². The first-order valence-electron chi connectivity index (χ1n) is 9.16. The molecule has 29 heavy (non-hydrogen) atoms. The number of hydrogen-bond donors (Lipinski definition) is 1. The lowest BCUT2D eigenvalue weighted by Crippen LogP contribution is -2.22. The van der Waals surface area contributed by atoms with Crippen LogP contribution >= 0.6 is 11.6 Å². The van der Waals surface area contributed by atoms with Gasteiger partial charge in [-0.15, -0.1) is 0 Å². The molecule has 1 amide bonds. The number of halogens is 1. The van der Waals surface area contributed by atoms with Crippen LogP contribution in [0.1, 0.15) is 27.4 Å². The lowest BCUT2D eigenvalue weighted by molar-refractivity contribution is 0.0947. The van der Waals surface area contributed by atoms with Crippen LogP contribution in [0.15, 0.2) is 71.4 Å². The molecule has 0 fully saturated rings. The number of nitrogens with zero attached hydrogens (tertiary/aromatic N) is 3. The third-order valence-corrected chi connectivity index (χ3v) is 4.66. The van der Waals surface area contributed by atoms with Gasteiger partial charge in [0.1, 0.15) is 5.69 Å². The Kier molecular flexibility index (Phi) is 5.44. The van der Waals surface area contributed by atoms with E-state index >= 15 is 0 Å². The van der Waals surface area contributed by atoms with Crippen LogP contribution in [0.3, 0.4) is 0 Å². The van der Waals surface area contributed by atoms with Gasteiger partial charge in [0.15, 0.2) is 5.76 Å². The average Bonchev–Trinajstić information content (AvgIpc) is 3.34. The Morgan fingerprint density at radius 2 is 1.90 bits per heavy atom. The third kappa shape index (κ3) is 4.55. The second-order valence-corrected chi connectivity index (χ2v) is 7.14. The van der Waals surface area contributed by atoms with E-state index in [9.17, 15) is 4.79 Å². The molecule has 0 bridgehead atoms. The quantitative estimate of drug-likeness (QED) is 0.512. The van der Waals surface area contributed by atoms with Crippen LogP contribution in [0.25, 0.3) is 11.3 Å². The Morgan fingerprint density at radius 3 is 2.59 bits per heavy atom. The summed E-state index contributed by atoms with van der Waals surface area (Å²) in [5.41, 5.74) is 3.78. The SMILES string of the molecule is Cc1cc(CNC(=O)c2cn(Cc3ccccc3)nc2-c2ccc(Cl)cc2)on1. The fourth-order valence-corrected chi connectivity index (χ4v) is 3.15. The van der Waals surface area contributed by atoms with Gasteiger partial charge in [0, 0.05) is 22.8 Å². The summed E-state index contributed by atoms with van der Waals surface area (Å²) < 4.78 is 6.93.